The van der Waals surface area contributed by atoms with Gasteiger partial charge in [-0.05, 0) is 36.4 Å². The van der Waals surface area contributed by atoms with Crippen molar-refractivity contribution in [1.82, 2.24) is 4.98 Å². The van der Waals surface area contributed by atoms with Crippen LogP contribution >= 0.6 is 0 Å². The van der Waals surface area contributed by atoms with Gasteiger partial charge in [-0.25, -0.2) is 4.98 Å². The molecular weight excluding hydrogens is 342 g/mol. The number of hydrogen-bond donors (Lipinski definition) is 1. The van der Waals surface area contributed by atoms with E-state index in [-0.39, 0.29) is 5.91 Å². The molecular formula is C21H19N3O3. The zero-order valence-electron chi connectivity index (χ0n) is 14.9. The number of ether oxygens (including phenoxy) is 2. The molecule has 2 heterocycles. The van der Waals surface area contributed by atoms with Gasteiger partial charge in [0.1, 0.15) is 19.0 Å². The number of anilines is 3. The Labute approximate surface area is 157 Å². The molecule has 0 atom stereocenters. The van der Waals surface area contributed by atoms with Gasteiger partial charge in [-0.3, -0.25) is 4.79 Å². The zero-order valence-corrected chi connectivity index (χ0v) is 14.9. The van der Waals surface area contributed by atoms with Crippen LogP contribution in [0.1, 0.15) is 10.4 Å². The Balaban J connectivity index is 1.46. The molecule has 27 heavy (non-hydrogen) atoms. The predicted molar refractivity (Wildman–Crippen MR) is 104 cm³/mol. The third-order valence-corrected chi connectivity index (χ3v) is 4.30. The first-order chi connectivity index (χ1) is 13.2. The molecule has 3 aromatic rings. The van der Waals surface area contributed by atoms with Gasteiger partial charge in [-0.15, -0.1) is 0 Å². The Morgan fingerprint density at radius 3 is 2.52 bits per heavy atom. The topological polar surface area (TPSA) is 63.7 Å². The van der Waals surface area contributed by atoms with Crippen molar-refractivity contribution in [1.29, 1.82) is 0 Å². The van der Waals surface area contributed by atoms with Crippen LogP contribution in [0.5, 0.6) is 11.5 Å². The second-order valence-corrected chi connectivity index (χ2v) is 6.11. The highest BCUT2D eigenvalue weighted by Gasteiger charge is 2.14. The summed E-state index contributed by atoms with van der Waals surface area (Å²) >= 11 is 0. The molecule has 0 radical (unpaired) electrons. The maximum absolute atomic E-state index is 12.5. The van der Waals surface area contributed by atoms with E-state index < -0.39 is 0 Å². The lowest BCUT2D eigenvalue weighted by Gasteiger charge is -2.19. The normalized spacial score (nSPS) is 12.3. The Morgan fingerprint density at radius 1 is 1.00 bits per heavy atom. The van der Waals surface area contributed by atoms with Crippen molar-refractivity contribution in [2.45, 2.75) is 0 Å². The molecule has 6 nitrogen and oxygen atoms in total. The Kier molecular flexibility index (Phi) is 4.61. The van der Waals surface area contributed by atoms with Gasteiger partial charge in [0.25, 0.3) is 5.91 Å². The maximum atomic E-state index is 12.5. The van der Waals surface area contributed by atoms with Crippen molar-refractivity contribution < 1.29 is 14.3 Å². The summed E-state index contributed by atoms with van der Waals surface area (Å²) in [6.45, 7) is 1.04. The van der Waals surface area contributed by atoms with Crippen LogP contribution in [0.25, 0.3) is 0 Å². The van der Waals surface area contributed by atoms with Gasteiger partial charge in [0.05, 0.1) is 5.56 Å². The highest BCUT2D eigenvalue weighted by Crippen LogP contribution is 2.32. The fourth-order valence-electron chi connectivity index (χ4n) is 2.83. The number of carbonyl (C=O) groups is 1. The molecule has 136 valence electrons. The summed E-state index contributed by atoms with van der Waals surface area (Å²) in [7, 11) is 1.94. The van der Waals surface area contributed by atoms with Crippen molar-refractivity contribution in [2.75, 3.05) is 30.5 Å². The molecule has 0 saturated carbocycles. The van der Waals surface area contributed by atoms with Gasteiger partial charge in [0, 0.05) is 30.7 Å². The molecule has 6 heteroatoms. The van der Waals surface area contributed by atoms with Gasteiger partial charge in [0.2, 0.25) is 0 Å². The molecule has 2 aromatic carbocycles. The summed E-state index contributed by atoms with van der Waals surface area (Å²) in [4.78, 5) is 18.9. The van der Waals surface area contributed by atoms with E-state index >= 15 is 0 Å². The number of nitrogens with zero attached hydrogens (tertiary/aromatic N) is 2. The number of carbonyl (C=O) groups excluding carboxylic acids is 1. The average Bonchev–Trinajstić information content (AvgIpc) is 2.74. The van der Waals surface area contributed by atoms with Crippen LogP contribution in [0.15, 0.2) is 66.9 Å². The Bertz CT molecular complexity index is 943. The first-order valence-corrected chi connectivity index (χ1v) is 8.66. The molecule has 4 rings (SSSR count). The van der Waals surface area contributed by atoms with Crippen LogP contribution in [0.3, 0.4) is 0 Å². The molecule has 0 spiro atoms. The van der Waals surface area contributed by atoms with Gasteiger partial charge in [-0.2, -0.15) is 0 Å². The van der Waals surface area contributed by atoms with Crippen molar-refractivity contribution >= 4 is 23.1 Å². The number of pyridine rings is 1. The summed E-state index contributed by atoms with van der Waals surface area (Å²) < 4.78 is 11.0. The molecule has 0 saturated heterocycles. The lowest BCUT2D eigenvalue weighted by molar-refractivity contribution is 0.102. The number of hydrogen-bond acceptors (Lipinski definition) is 5. The number of amides is 1. The minimum Gasteiger partial charge on any atom is -0.486 e. The number of benzene rings is 2. The van der Waals surface area contributed by atoms with Crippen molar-refractivity contribution in [3.05, 3.63) is 72.4 Å². The largest absolute Gasteiger partial charge is 0.486 e. The fourth-order valence-corrected chi connectivity index (χ4v) is 2.83. The third-order valence-electron chi connectivity index (χ3n) is 4.30. The lowest BCUT2D eigenvalue weighted by atomic mass is 10.2. The molecule has 0 bridgehead atoms. The molecule has 0 unspecified atom stereocenters. The number of aromatic nitrogens is 1. The van der Waals surface area contributed by atoms with Crippen molar-refractivity contribution in [3.8, 4) is 11.5 Å². The van der Waals surface area contributed by atoms with E-state index in [0.717, 1.165) is 11.5 Å². The van der Waals surface area contributed by atoms with Crippen LogP contribution in [0.4, 0.5) is 17.2 Å². The van der Waals surface area contributed by atoms with Crippen LogP contribution in [-0.2, 0) is 0 Å². The van der Waals surface area contributed by atoms with Gasteiger partial charge in [-0.1, -0.05) is 18.2 Å². The van der Waals surface area contributed by atoms with Gasteiger partial charge in [0.15, 0.2) is 11.5 Å². The second-order valence-electron chi connectivity index (χ2n) is 6.11. The molecule has 0 fully saturated rings. The van der Waals surface area contributed by atoms with E-state index in [1.807, 2.05) is 48.3 Å². The number of rotatable bonds is 4. The lowest BCUT2D eigenvalue weighted by Crippen LogP contribution is -2.17. The van der Waals surface area contributed by atoms with E-state index in [2.05, 4.69) is 10.3 Å². The minimum absolute atomic E-state index is 0.229. The van der Waals surface area contributed by atoms with Crippen LogP contribution in [0.2, 0.25) is 0 Å². The SMILES string of the molecule is CN(c1ccccc1)c1ccc(C(=O)Nc2ccc3c(c2)OCCO3)cn1. The van der Waals surface area contributed by atoms with Crippen molar-refractivity contribution in [2.24, 2.45) is 0 Å². The van der Waals surface area contributed by atoms with Crippen LogP contribution in [0, 0.1) is 0 Å². The average molecular weight is 361 g/mol. The summed E-state index contributed by atoms with van der Waals surface area (Å²) in [5.41, 5.74) is 2.16. The number of nitrogens with one attached hydrogen (secondary N) is 1. The molecule has 1 aliphatic rings. The first-order valence-electron chi connectivity index (χ1n) is 8.66. The molecule has 1 N–H and O–H groups in total. The van der Waals surface area contributed by atoms with Gasteiger partial charge >= 0.3 is 0 Å². The van der Waals surface area contributed by atoms with Crippen LogP contribution < -0.4 is 19.7 Å². The fraction of sp³-hybridized carbons (Fsp3) is 0.143. The highest BCUT2D eigenvalue weighted by molar-refractivity contribution is 6.04. The zero-order chi connectivity index (χ0) is 18.6. The summed E-state index contributed by atoms with van der Waals surface area (Å²) in [6.07, 6.45) is 1.57. The summed E-state index contributed by atoms with van der Waals surface area (Å²) in [5, 5.41) is 2.86. The van der Waals surface area contributed by atoms with E-state index in [0.29, 0.717) is 36.0 Å². The molecule has 0 aliphatic carbocycles. The van der Waals surface area contributed by atoms with E-state index in [1.165, 1.54) is 0 Å². The Morgan fingerprint density at radius 2 is 1.78 bits per heavy atom. The highest BCUT2D eigenvalue weighted by atomic mass is 16.6. The van der Waals surface area contributed by atoms with E-state index in [4.69, 9.17) is 9.47 Å². The van der Waals surface area contributed by atoms with Crippen molar-refractivity contribution in [3.63, 3.8) is 0 Å². The predicted octanol–water partition coefficient (Wildman–Crippen LogP) is 3.87. The van der Waals surface area contributed by atoms with Crippen LogP contribution in [-0.4, -0.2) is 31.2 Å². The molecule has 1 aromatic heterocycles. The first kappa shape index (κ1) is 16.9. The summed E-state index contributed by atoms with van der Waals surface area (Å²) in [5.74, 6) is 1.86. The quantitative estimate of drug-likeness (QED) is 0.764. The van der Waals surface area contributed by atoms with Gasteiger partial charge < -0.3 is 19.7 Å². The smallest absolute Gasteiger partial charge is 0.257 e. The Hall–Kier alpha value is -3.54. The third kappa shape index (κ3) is 3.69. The summed E-state index contributed by atoms with van der Waals surface area (Å²) in [6, 6.07) is 18.8. The maximum Gasteiger partial charge on any atom is 0.257 e. The minimum atomic E-state index is -0.229. The molecule has 1 aliphatic heterocycles. The molecule has 1 amide bonds. The van der Waals surface area contributed by atoms with E-state index in [1.54, 1.807) is 30.5 Å². The standard InChI is InChI=1S/C21H19N3O3/c1-24(17-5-3-2-4-6-17)20-10-7-15(14-22-20)21(25)23-16-8-9-18-19(13-16)27-12-11-26-18/h2-10,13-14H,11-12H2,1H3,(H,23,25). The monoisotopic (exact) mass is 361 g/mol. The number of para-hydroxylation sites is 1. The second kappa shape index (κ2) is 7.37. The van der Waals surface area contributed by atoms with E-state index in [9.17, 15) is 4.79 Å². The number of fused-ring (bicyclic) bond motifs is 1.